The second-order valence-electron chi connectivity index (χ2n) is 6.99. The summed E-state index contributed by atoms with van der Waals surface area (Å²) in [6.07, 6.45) is 3.89. The van der Waals surface area contributed by atoms with E-state index in [1.807, 2.05) is 43.3 Å². The van der Waals surface area contributed by atoms with Crippen molar-refractivity contribution in [1.82, 2.24) is 5.32 Å². The maximum absolute atomic E-state index is 12.3. The van der Waals surface area contributed by atoms with Gasteiger partial charge in [0.25, 0.3) is 5.91 Å². The lowest BCUT2D eigenvalue weighted by Crippen LogP contribution is -2.31. The Morgan fingerprint density at radius 1 is 1.00 bits per heavy atom. The normalized spacial score (nSPS) is 13.9. The van der Waals surface area contributed by atoms with Crippen LogP contribution in [-0.2, 0) is 4.79 Å². The van der Waals surface area contributed by atoms with Crippen LogP contribution in [0.15, 0.2) is 48.5 Å². The van der Waals surface area contributed by atoms with Gasteiger partial charge < -0.3 is 15.5 Å². The van der Waals surface area contributed by atoms with Gasteiger partial charge >= 0.3 is 0 Å². The SMILES string of the molecule is Cc1cccc(C(=O)NCCC(=O)Nc2ccccc2N2CCCCC2)c1. The molecule has 0 aliphatic carbocycles. The van der Waals surface area contributed by atoms with Crippen molar-refractivity contribution < 1.29 is 9.59 Å². The molecule has 27 heavy (non-hydrogen) atoms. The smallest absolute Gasteiger partial charge is 0.251 e. The number of anilines is 2. The number of piperidine rings is 1. The zero-order chi connectivity index (χ0) is 19.1. The highest BCUT2D eigenvalue weighted by Crippen LogP contribution is 2.28. The summed E-state index contributed by atoms with van der Waals surface area (Å²) in [7, 11) is 0. The second-order valence-corrected chi connectivity index (χ2v) is 6.99. The molecule has 5 heteroatoms. The van der Waals surface area contributed by atoms with E-state index in [-0.39, 0.29) is 18.2 Å². The highest BCUT2D eigenvalue weighted by molar-refractivity contribution is 5.96. The minimum atomic E-state index is -0.153. The molecule has 0 radical (unpaired) electrons. The maximum atomic E-state index is 12.3. The maximum Gasteiger partial charge on any atom is 0.251 e. The Hall–Kier alpha value is -2.82. The van der Waals surface area contributed by atoms with E-state index in [1.165, 1.54) is 19.3 Å². The molecule has 0 atom stereocenters. The Morgan fingerprint density at radius 3 is 2.56 bits per heavy atom. The monoisotopic (exact) mass is 365 g/mol. The summed E-state index contributed by atoms with van der Waals surface area (Å²) < 4.78 is 0. The summed E-state index contributed by atoms with van der Waals surface area (Å²) >= 11 is 0. The largest absolute Gasteiger partial charge is 0.370 e. The molecule has 0 saturated carbocycles. The standard InChI is InChI=1S/C22H27N3O2/c1-17-8-7-9-18(16-17)22(27)23-13-12-21(26)24-19-10-3-4-11-20(19)25-14-5-2-6-15-25/h3-4,7-11,16H,2,5-6,12-15H2,1H3,(H,23,27)(H,24,26). The predicted octanol–water partition coefficient (Wildman–Crippen LogP) is 3.74. The Kier molecular flexibility index (Phi) is 6.47. The van der Waals surface area contributed by atoms with Crippen LogP contribution in [0.4, 0.5) is 11.4 Å². The van der Waals surface area contributed by atoms with Gasteiger partial charge in [-0.15, -0.1) is 0 Å². The van der Waals surface area contributed by atoms with E-state index in [0.29, 0.717) is 12.1 Å². The van der Waals surface area contributed by atoms with Gasteiger partial charge in [0, 0.05) is 31.6 Å². The Morgan fingerprint density at radius 2 is 1.78 bits per heavy atom. The molecule has 1 heterocycles. The van der Waals surface area contributed by atoms with Gasteiger partial charge in [0.1, 0.15) is 0 Å². The molecule has 2 amide bonds. The van der Waals surface area contributed by atoms with Gasteiger partial charge in [-0.25, -0.2) is 0 Å². The van der Waals surface area contributed by atoms with Gasteiger partial charge in [-0.05, 0) is 50.5 Å². The summed E-state index contributed by atoms with van der Waals surface area (Å²) in [5, 5.41) is 5.81. The van der Waals surface area contributed by atoms with E-state index < -0.39 is 0 Å². The minimum absolute atomic E-state index is 0.0935. The molecular formula is C22H27N3O2. The quantitative estimate of drug-likeness (QED) is 0.820. The van der Waals surface area contributed by atoms with Crippen LogP contribution >= 0.6 is 0 Å². The molecule has 1 fully saturated rings. The first-order valence-electron chi connectivity index (χ1n) is 9.62. The van der Waals surface area contributed by atoms with Crippen molar-refractivity contribution in [2.45, 2.75) is 32.6 Å². The summed E-state index contributed by atoms with van der Waals surface area (Å²) in [4.78, 5) is 26.8. The predicted molar refractivity (Wildman–Crippen MR) is 109 cm³/mol. The fourth-order valence-electron chi connectivity index (χ4n) is 3.38. The van der Waals surface area contributed by atoms with E-state index in [9.17, 15) is 9.59 Å². The first kappa shape index (κ1) is 19.0. The Labute approximate surface area is 160 Å². The lowest BCUT2D eigenvalue weighted by atomic mass is 10.1. The number of carbonyl (C=O) groups is 2. The third kappa shape index (κ3) is 5.33. The van der Waals surface area contributed by atoms with Crippen molar-refractivity contribution in [2.75, 3.05) is 29.9 Å². The number of para-hydroxylation sites is 2. The van der Waals surface area contributed by atoms with Gasteiger partial charge in [0.05, 0.1) is 11.4 Å². The highest BCUT2D eigenvalue weighted by Gasteiger charge is 2.15. The first-order valence-corrected chi connectivity index (χ1v) is 9.62. The minimum Gasteiger partial charge on any atom is -0.370 e. The number of benzene rings is 2. The number of rotatable bonds is 6. The Balaban J connectivity index is 1.52. The third-order valence-electron chi connectivity index (χ3n) is 4.79. The van der Waals surface area contributed by atoms with Gasteiger partial charge in [0.15, 0.2) is 0 Å². The van der Waals surface area contributed by atoms with Crippen LogP contribution in [0.2, 0.25) is 0 Å². The summed E-state index contributed by atoms with van der Waals surface area (Å²) in [5.41, 5.74) is 3.57. The van der Waals surface area contributed by atoms with Crippen LogP contribution < -0.4 is 15.5 Å². The van der Waals surface area contributed by atoms with Gasteiger partial charge in [-0.2, -0.15) is 0 Å². The molecule has 2 N–H and O–H groups in total. The summed E-state index contributed by atoms with van der Waals surface area (Å²) in [6.45, 7) is 4.31. The molecular weight excluding hydrogens is 338 g/mol. The molecule has 0 spiro atoms. The molecule has 1 aliphatic rings. The van der Waals surface area contributed by atoms with E-state index in [0.717, 1.165) is 30.0 Å². The lowest BCUT2D eigenvalue weighted by molar-refractivity contribution is -0.116. The van der Waals surface area contributed by atoms with Crippen LogP contribution in [0, 0.1) is 6.92 Å². The van der Waals surface area contributed by atoms with Gasteiger partial charge in [-0.3, -0.25) is 9.59 Å². The number of amides is 2. The van der Waals surface area contributed by atoms with Crippen LogP contribution in [-0.4, -0.2) is 31.4 Å². The fraction of sp³-hybridized carbons (Fsp3) is 0.364. The number of nitrogens with one attached hydrogen (secondary N) is 2. The fourth-order valence-corrected chi connectivity index (χ4v) is 3.38. The molecule has 0 aromatic heterocycles. The number of aryl methyl sites for hydroxylation is 1. The van der Waals surface area contributed by atoms with Gasteiger partial charge in [0.2, 0.25) is 5.91 Å². The summed E-state index contributed by atoms with van der Waals surface area (Å²) in [6, 6.07) is 15.3. The molecule has 142 valence electrons. The first-order chi connectivity index (χ1) is 13.1. The van der Waals surface area contributed by atoms with Crippen LogP contribution in [0.3, 0.4) is 0 Å². The lowest BCUT2D eigenvalue weighted by Gasteiger charge is -2.30. The zero-order valence-electron chi connectivity index (χ0n) is 15.8. The molecule has 1 aliphatic heterocycles. The summed E-state index contributed by atoms with van der Waals surface area (Å²) in [5.74, 6) is -0.246. The molecule has 1 saturated heterocycles. The number of hydrogen-bond donors (Lipinski definition) is 2. The van der Waals surface area contributed by atoms with Crippen molar-refractivity contribution >= 4 is 23.2 Å². The van der Waals surface area contributed by atoms with Crippen LogP contribution in [0.25, 0.3) is 0 Å². The van der Waals surface area contributed by atoms with E-state index >= 15 is 0 Å². The van der Waals surface area contributed by atoms with Crippen molar-refractivity contribution in [2.24, 2.45) is 0 Å². The zero-order valence-corrected chi connectivity index (χ0v) is 15.8. The molecule has 0 bridgehead atoms. The average molecular weight is 365 g/mol. The molecule has 3 rings (SSSR count). The van der Waals surface area contributed by atoms with Crippen LogP contribution in [0.1, 0.15) is 41.6 Å². The number of nitrogens with zero attached hydrogens (tertiary/aromatic N) is 1. The molecule has 2 aromatic carbocycles. The third-order valence-corrected chi connectivity index (χ3v) is 4.79. The van der Waals surface area contributed by atoms with E-state index in [2.05, 4.69) is 21.6 Å². The molecule has 0 unspecified atom stereocenters. The van der Waals surface area contributed by atoms with Crippen LogP contribution in [0.5, 0.6) is 0 Å². The molecule has 5 nitrogen and oxygen atoms in total. The average Bonchev–Trinajstić information content (AvgIpc) is 2.69. The van der Waals surface area contributed by atoms with Crippen molar-refractivity contribution in [3.05, 3.63) is 59.7 Å². The van der Waals surface area contributed by atoms with Crippen molar-refractivity contribution in [3.8, 4) is 0 Å². The Bertz CT molecular complexity index is 798. The second kappa shape index (κ2) is 9.21. The van der Waals surface area contributed by atoms with Gasteiger partial charge in [-0.1, -0.05) is 29.8 Å². The van der Waals surface area contributed by atoms with E-state index in [1.54, 1.807) is 6.07 Å². The topological polar surface area (TPSA) is 61.4 Å². The molecule has 2 aromatic rings. The van der Waals surface area contributed by atoms with Crippen molar-refractivity contribution in [3.63, 3.8) is 0 Å². The van der Waals surface area contributed by atoms with E-state index in [4.69, 9.17) is 0 Å². The highest BCUT2D eigenvalue weighted by atomic mass is 16.2. The van der Waals surface area contributed by atoms with Crippen molar-refractivity contribution in [1.29, 1.82) is 0 Å². The number of hydrogen-bond acceptors (Lipinski definition) is 3. The number of carbonyl (C=O) groups excluding carboxylic acids is 2.